The van der Waals surface area contributed by atoms with Gasteiger partial charge in [0.05, 0.1) is 50.3 Å². The molecule has 0 rings (SSSR count). The van der Waals surface area contributed by atoms with E-state index in [0.29, 0.717) is 12.5 Å². The van der Waals surface area contributed by atoms with Crippen molar-refractivity contribution in [1.29, 1.82) is 0 Å². The van der Waals surface area contributed by atoms with Crippen molar-refractivity contribution in [3.05, 3.63) is 0 Å². The van der Waals surface area contributed by atoms with Gasteiger partial charge in [-0.15, -0.1) is 0 Å². The van der Waals surface area contributed by atoms with E-state index in [1.54, 1.807) is 0 Å². The molecule has 0 spiro atoms. The van der Waals surface area contributed by atoms with Gasteiger partial charge in [-0.1, -0.05) is 0 Å². The number of rotatable bonds is 11. The molecule has 2 N–H and O–H groups in total. The molecule has 24 heavy (non-hydrogen) atoms. The Morgan fingerprint density at radius 2 is 0.875 bits per heavy atom. The third kappa shape index (κ3) is 14.0. The fourth-order valence-corrected chi connectivity index (χ4v) is 3.76. The molecule has 0 aliphatic rings. The Kier molecular flexibility index (Phi) is 8.22. The molecule has 146 valence electrons. The Balaban J connectivity index is 5.57. The van der Waals surface area contributed by atoms with Crippen molar-refractivity contribution in [2.24, 2.45) is 0 Å². The summed E-state index contributed by atoms with van der Waals surface area (Å²) in [5, 5.41) is 0. The summed E-state index contributed by atoms with van der Waals surface area (Å²) < 4.78 is 103. The molecule has 0 aliphatic heterocycles. The number of sulfonamides is 2. The van der Waals surface area contributed by atoms with E-state index in [1.807, 2.05) is 9.44 Å². The summed E-state index contributed by atoms with van der Waals surface area (Å²) in [7, 11) is -15.8. The minimum atomic E-state index is -3.97. The first-order valence-corrected chi connectivity index (χ1v) is 13.4. The average molecular weight is 433 g/mol. The van der Waals surface area contributed by atoms with Gasteiger partial charge < -0.3 is 0 Å². The summed E-state index contributed by atoms with van der Waals surface area (Å²) in [5.74, 6) is 0. The zero-order valence-electron chi connectivity index (χ0n) is 13.3. The predicted molar refractivity (Wildman–Crippen MR) is 85.1 cm³/mol. The quantitative estimate of drug-likeness (QED) is 0.315. The lowest BCUT2D eigenvalue weighted by atomic mass is 10.2. The fourth-order valence-electron chi connectivity index (χ4n) is 1.41. The molecular weight excluding hydrogens is 412 g/mol. The van der Waals surface area contributed by atoms with Crippen LogP contribution in [0, 0.1) is 0 Å². The van der Waals surface area contributed by atoms with E-state index in [4.69, 9.17) is 0 Å². The maximum Gasteiger partial charge on any atom is 0.264 e. The molecule has 0 fully saturated rings. The topological polar surface area (TPSA) is 179 Å². The lowest BCUT2D eigenvalue weighted by Crippen LogP contribution is -2.55. The van der Waals surface area contributed by atoms with E-state index in [9.17, 15) is 33.7 Å². The van der Waals surface area contributed by atoms with E-state index >= 15 is 0 Å². The van der Waals surface area contributed by atoms with Gasteiger partial charge in [-0.25, -0.2) is 26.3 Å². The van der Waals surface area contributed by atoms with Crippen molar-refractivity contribution in [2.75, 3.05) is 38.2 Å². The second-order valence-corrected chi connectivity index (χ2v) is 11.8. The summed E-state index contributed by atoms with van der Waals surface area (Å²) in [5.41, 5.74) is 0. The maximum atomic E-state index is 11.4. The zero-order chi connectivity index (χ0) is 19.4. The fraction of sp³-hybridized carbons (Fsp3) is 1.00. The smallest absolute Gasteiger partial charge is 0.264 e. The second kappa shape index (κ2) is 8.35. The molecule has 0 radical (unpaired) electrons. The molecule has 0 aromatic rings. The molecule has 0 saturated heterocycles. The second-order valence-electron chi connectivity index (χ2n) is 4.97. The highest BCUT2D eigenvalue weighted by molar-refractivity contribution is 7.89. The van der Waals surface area contributed by atoms with Crippen LogP contribution in [0.15, 0.2) is 0 Å². The zero-order valence-corrected chi connectivity index (χ0v) is 16.6. The van der Waals surface area contributed by atoms with Crippen LogP contribution in [0.4, 0.5) is 0 Å². The summed E-state index contributed by atoms with van der Waals surface area (Å²) in [6.45, 7) is -1.57. The molecule has 0 aromatic heterocycles. The molecule has 0 bridgehead atoms. The van der Waals surface area contributed by atoms with E-state index in [0.717, 1.165) is 12.5 Å². The number of nitrogens with one attached hydrogen (secondary N) is 2. The molecule has 0 unspecified atom stereocenters. The molecule has 2 atom stereocenters. The van der Waals surface area contributed by atoms with Crippen molar-refractivity contribution >= 4 is 40.3 Å². The highest BCUT2D eigenvalue weighted by atomic mass is 32.2. The van der Waals surface area contributed by atoms with Gasteiger partial charge in [-0.3, -0.25) is 8.37 Å². The van der Waals surface area contributed by atoms with E-state index < -0.39 is 65.6 Å². The van der Waals surface area contributed by atoms with Gasteiger partial charge in [0.15, 0.2) is 0 Å². The standard InChI is InChI=1S/C8H20N2O10S4/c1-21(11,12)9-7(5-19-23(3,15)16)8(10-22(2,13)14)6-20-24(4,17)18/h7-10H,5-6H2,1-4H3/t7-,8-/m0/s1. The van der Waals surface area contributed by atoms with E-state index in [-0.39, 0.29) is 0 Å². The largest absolute Gasteiger partial charge is 0.269 e. The Bertz CT molecular complexity index is 755. The maximum absolute atomic E-state index is 11.4. The van der Waals surface area contributed by atoms with Crippen molar-refractivity contribution in [1.82, 2.24) is 9.44 Å². The van der Waals surface area contributed by atoms with Gasteiger partial charge in [0.25, 0.3) is 20.2 Å². The van der Waals surface area contributed by atoms with Gasteiger partial charge >= 0.3 is 0 Å². The van der Waals surface area contributed by atoms with Crippen LogP contribution in [0.1, 0.15) is 0 Å². The van der Waals surface area contributed by atoms with Crippen LogP contribution >= 0.6 is 0 Å². The Labute approximate surface area is 142 Å². The van der Waals surface area contributed by atoms with Crippen LogP contribution in [0.3, 0.4) is 0 Å². The van der Waals surface area contributed by atoms with Crippen LogP contribution < -0.4 is 9.44 Å². The SMILES string of the molecule is CS(=O)(=O)N[C@@H](COS(C)(=O)=O)[C@H](COS(C)(=O)=O)NS(C)(=O)=O. The monoisotopic (exact) mass is 432 g/mol. The lowest BCUT2D eigenvalue weighted by Gasteiger charge is -2.26. The molecule has 12 nitrogen and oxygen atoms in total. The van der Waals surface area contributed by atoms with Crippen LogP contribution in [0.5, 0.6) is 0 Å². The first kappa shape index (κ1) is 23.6. The average Bonchev–Trinajstić information content (AvgIpc) is 2.25. The highest BCUT2D eigenvalue weighted by Gasteiger charge is 2.30. The van der Waals surface area contributed by atoms with Crippen molar-refractivity contribution < 1.29 is 42.0 Å². The number of hydrogen-bond acceptors (Lipinski definition) is 10. The molecular formula is C8H20N2O10S4. The molecule has 0 aromatic carbocycles. The molecule has 0 heterocycles. The molecule has 0 aliphatic carbocycles. The van der Waals surface area contributed by atoms with Crippen LogP contribution in [-0.2, 0) is 48.6 Å². The van der Waals surface area contributed by atoms with Gasteiger partial charge in [-0.2, -0.15) is 16.8 Å². The Hall–Kier alpha value is -0.360. The summed E-state index contributed by atoms with van der Waals surface area (Å²) >= 11 is 0. The molecule has 16 heteroatoms. The Morgan fingerprint density at radius 3 is 1.04 bits per heavy atom. The first-order valence-electron chi connectivity index (χ1n) is 6.01. The van der Waals surface area contributed by atoms with Crippen LogP contribution in [0.2, 0.25) is 0 Å². The molecule has 0 amide bonds. The van der Waals surface area contributed by atoms with E-state index in [1.165, 1.54) is 0 Å². The van der Waals surface area contributed by atoms with Crippen molar-refractivity contribution in [3.8, 4) is 0 Å². The first-order chi connectivity index (χ1) is 10.4. The normalized spacial score (nSPS) is 16.7. The number of hydrogen-bond donors (Lipinski definition) is 2. The predicted octanol–water partition coefficient (Wildman–Crippen LogP) is -3.23. The highest BCUT2D eigenvalue weighted by Crippen LogP contribution is 2.04. The summed E-state index contributed by atoms with van der Waals surface area (Å²) in [6, 6.07) is -2.91. The minimum Gasteiger partial charge on any atom is -0.269 e. The lowest BCUT2D eigenvalue weighted by molar-refractivity contribution is 0.213. The minimum absolute atomic E-state index is 0.705. The van der Waals surface area contributed by atoms with Gasteiger partial charge in [0.1, 0.15) is 0 Å². The molecule has 0 saturated carbocycles. The van der Waals surface area contributed by atoms with Crippen molar-refractivity contribution in [3.63, 3.8) is 0 Å². The van der Waals surface area contributed by atoms with Gasteiger partial charge in [0.2, 0.25) is 20.0 Å². The van der Waals surface area contributed by atoms with Gasteiger partial charge in [0, 0.05) is 0 Å². The van der Waals surface area contributed by atoms with Gasteiger partial charge in [-0.05, 0) is 0 Å². The van der Waals surface area contributed by atoms with Crippen molar-refractivity contribution in [2.45, 2.75) is 12.1 Å². The summed E-state index contributed by atoms with van der Waals surface area (Å²) in [4.78, 5) is 0. The third-order valence-corrected chi connectivity index (χ3v) is 4.73. The van der Waals surface area contributed by atoms with Crippen LogP contribution in [0.25, 0.3) is 0 Å². The Morgan fingerprint density at radius 1 is 0.625 bits per heavy atom. The van der Waals surface area contributed by atoms with E-state index in [2.05, 4.69) is 8.37 Å². The third-order valence-electron chi connectivity index (χ3n) is 2.14. The summed E-state index contributed by atoms with van der Waals surface area (Å²) in [6.07, 6.45) is 2.90. The van der Waals surface area contributed by atoms with Crippen LogP contribution in [-0.4, -0.2) is 84.0 Å².